The van der Waals surface area contributed by atoms with Crippen molar-refractivity contribution in [1.82, 2.24) is 0 Å². The molecule has 0 aliphatic carbocycles. The topological polar surface area (TPSA) is 82.1 Å². The molecule has 0 aliphatic rings. The number of alkyl halides is 3. The maximum absolute atomic E-state index is 12.6. The number of allylic oxidation sites excluding steroid dienone is 1. The molecule has 0 bridgehead atoms. The molecule has 0 aromatic heterocycles. The molecule has 134 valence electrons. The Kier molecular flexibility index (Phi) is 5.90. The minimum Gasteiger partial charge on any atom is -0.362 e. The Morgan fingerprint density at radius 3 is 2.27 bits per heavy atom. The summed E-state index contributed by atoms with van der Waals surface area (Å²) in [7, 11) is 0. The average molecular weight is 361 g/mol. The third-order valence-corrected chi connectivity index (χ3v) is 3.18. The highest BCUT2D eigenvalue weighted by Crippen LogP contribution is 2.30. The van der Waals surface area contributed by atoms with Crippen LogP contribution >= 0.6 is 0 Å². The highest BCUT2D eigenvalue weighted by Gasteiger charge is 2.30. The number of amides is 1. The van der Waals surface area contributed by atoms with Gasteiger partial charge in [-0.05, 0) is 30.3 Å². The zero-order valence-corrected chi connectivity index (χ0v) is 13.3. The van der Waals surface area contributed by atoms with E-state index in [0.29, 0.717) is 5.69 Å². The van der Waals surface area contributed by atoms with Crippen LogP contribution in [0.2, 0.25) is 0 Å². The summed E-state index contributed by atoms with van der Waals surface area (Å²) < 4.78 is 37.9. The second kappa shape index (κ2) is 8.11. The van der Waals surface area contributed by atoms with E-state index in [-0.39, 0.29) is 5.69 Å². The number of carbonyl (C=O) groups is 2. The second-order valence-corrected chi connectivity index (χ2v) is 5.12. The molecule has 5 nitrogen and oxygen atoms in total. The molecule has 0 saturated carbocycles. The highest BCUT2D eigenvalue weighted by molar-refractivity contribution is 6.68. The minimum absolute atomic E-state index is 0.115. The van der Waals surface area contributed by atoms with E-state index in [4.69, 9.17) is 5.41 Å². The first-order valence-corrected chi connectivity index (χ1v) is 7.37. The molecule has 0 saturated heterocycles. The molecule has 0 unspecified atom stereocenters. The number of carbonyl (C=O) groups excluding carboxylic acids is 2. The van der Waals surface area contributed by atoms with Gasteiger partial charge in [-0.1, -0.05) is 24.3 Å². The fourth-order valence-corrected chi connectivity index (χ4v) is 1.91. The van der Waals surface area contributed by atoms with E-state index in [1.165, 1.54) is 12.1 Å². The normalized spacial score (nSPS) is 11.2. The number of halogens is 3. The van der Waals surface area contributed by atoms with E-state index in [9.17, 15) is 22.8 Å². The molecule has 0 aliphatic heterocycles. The monoisotopic (exact) mass is 361 g/mol. The Balaban J connectivity index is 1.94. The van der Waals surface area contributed by atoms with Crippen molar-refractivity contribution in [2.75, 3.05) is 10.6 Å². The van der Waals surface area contributed by atoms with Gasteiger partial charge in [0.1, 0.15) is 0 Å². The number of rotatable bonds is 6. The van der Waals surface area contributed by atoms with Crippen LogP contribution in [0.3, 0.4) is 0 Å². The molecule has 0 heterocycles. The van der Waals surface area contributed by atoms with E-state index in [0.717, 1.165) is 24.4 Å². The third-order valence-electron chi connectivity index (χ3n) is 3.18. The molecular weight excluding hydrogens is 347 g/mol. The zero-order chi connectivity index (χ0) is 19.2. The quantitative estimate of drug-likeness (QED) is 0.415. The number of benzene rings is 2. The molecular formula is C18H14F3N3O2. The van der Waals surface area contributed by atoms with E-state index in [1.54, 1.807) is 30.3 Å². The number of ketones is 1. The van der Waals surface area contributed by atoms with Gasteiger partial charge in [0.15, 0.2) is 5.71 Å². The van der Waals surface area contributed by atoms with Gasteiger partial charge in [0.05, 0.1) is 5.56 Å². The maximum atomic E-state index is 12.6. The fraction of sp³-hybridized carbons (Fsp3) is 0.0556. The van der Waals surface area contributed by atoms with Gasteiger partial charge >= 0.3 is 6.18 Å². The van der Waals surface area contributed by atoms with Crippen LogP contribution in [0.1, 0.15) is 5.56 Å². The molecule has 2 aromatic carbocycles. The summed E-state index contributed by atoms with van der Waals surface area (Å²) in [5, 5.41) is 12.5. The Labute approximate surface area is 147 Å². The van der Waals surface area contributed by atoms with E-state index in [1.807, 2.05) is 0 Å². The van der Waals surface area contributed by atoms with Gasteiger partial charge in [-0.15, -0.1) is 0 Å². The molecule has 2 rings (SSSR count). The van der Waals surface area contributed by atoms with Gasteiger partial charge in [0.2, 0.25) is 5.78 Å². The molecule has 8 heteroatoms. The molecule has 3 N–H and O–H groups in total. The summed E-state index contributed by atoms with van der Waals surface area (Å²) in [6, 6.07) is 12.7. The van der Waals surface area contributed by atoms with E-state index >= 15 is 0 Å². The van der Waals surface area contributed by atoms with Crippen LogP contribution in [-0.4, -0.2) is 17.4 Å². The molecule has 2 aromatic rings. The molecule has 0 radical (unpaired) electrons. The number of hydrogen-bond acceptors (Lipinski definition) is 4. The van der Waals surface area contributed by atoms with Crippen LogP contribution in [0.5, 0.6) is 0 Å². The smallest absolute Gasteiger partial charge is 0.362 e. The number of nitrogens with one attached hydrogen (secondary N) is 3. The summed E-state index contributed by atoms with van der Waals surface area (Å²) >= 11 is 0. The fourth-order valence-electron chi connectivity index (χ4n) is 1.91. The van der Waals surface area contributed by atoms with Gasteiger partial charge in [-0.2, -0.15) is 13.2 Å². The highest BCUT2D eigenvalue weighted by atomic mass is 19.4. The van der Waals surface area contributed by atoms with Crippen molar-refractivity contribution in [2.24, 2.45) is 0 Å². The first-order valence-electron chi connectivity index (χ1n) is 7.37. The average Bonchev–Trinajstić information content (AvgIpc) is 2.61. The molecule has 0 spiro atoms. The summed E-state index contributed by atoms with van der Waals surface area (Å²) in [6.45, 7) is 0. The first kappa shape index (κ1) is 18.9. The predicted octanol–water partition coefficient (Wildman–Crippen LogP) is 3.86. The largest absolute Gasteiger partial charge is 0.416 e. The first-order chi connectivity index (χ1) is 12.3. The van der Waals surface area contributed by atoms with Gasteiger partial charge in [-0.25, -0.2) is 0 Å². The lowest BCUT2D eigenvalue weighted by molar-refractivity contribution is -0.137. The third kappa shape index (κ3) is 5.30. The van der Waals surface area contributed by atoms with Gasteiger partial charge < -0.3 is 10.6 Å². The summed E-state index contributed by atoms with van der Waals surface area (Å²) in [4.78, 5) is 23.6. The lowest BCUT2D eigenvalue weighted by atomic mass is 10.2. The van der Waals surface area contributed by atoms with Crippen LogP contribution in [0.15, 0.2) is 66.9 Å². The molecule has 0 atom stereocenters. The van der Waals surface area contributed by atoms with Crippen molar-refractivity contribution >= 4 is 28.8 Å². The van der Waals surface area contributed by atoms with Crippen molar-refractivity contribution in [3.63, 3.8) is 0 Å². The van der Waals surface area contributed by atoms with E-state index < -0.39 is 29.1 Å². The second-order valence-electron chi connectivity index (χ2n) is 5.12. The maximum Gasteiger partial charge on any atom is 0.416 e. The van der Waals surface area contributed by atoms with Crippen LogP contribution in [0.25, 0.3) is 0 Å². The Morgan fingerprint density at radius 2 is 1.62 bits per heavy atom. The minimum atomic E-state index is -4.48. The standard InChI is InChI=1S/C18H14F3N3O2/c19-18(20,21)12-5-4-8-14(11-12)23-10-9-15(25)16(22)17(26)24-13-6-2-1-3-7-13/h1-11,22-23H,(H,24,26)/b10-9-,22-16?. The van der Waals surface area contributed by atoms with Crippen molar-refractivity contribution < 1.29 is 22.8 Å². The lowest BCUT2D eigenvalue weighted by Crippen LogP contribution is -2.28. The van der Waals surface area contributed by atoms with Crippen molar-refractivity contribution in [1.29, 1.82) is 5.41 Å². The molecule has 26 heavy (non-hydrogen) atoms. The Morgan fingerprint density at radius 1 is 0.962 bits per heavy atom. The Bertz CT molecular complexity index is 846. The SMILES string of the molecule is N=C(C(=O)/C=C\Nc1cccc(C(F)(F)F)c1)C(=O)Nc1ccccc1. The van der Waals surface area contributed by atoms with Crippen molar-refractivity contribution in [2.45, 2.75) is 6.18 Å². The molecule has 1 amide bonds. The van der Waals surface area contributed by atoms with Crippen molar-refractivity contribution in [3.8, 4) is 0 Å². The number of anilines is 2. The van der Waals surface area contributed by atoms with Gasteiger partial charge in [-0.3, -0.25) is 15.0 Å². The van der Waals surface area contributed by atoms with Gasteiger partial charge in [0, 0.05) is 23.7 Å². The summed E-state index contributed by atoms with van der Waals surface area (Å²) in [5.41, 5.74) is -1.08. The predicted molar refractivity (Wildman–Crippen MR) is 92.0 cm³/mol. The van der Waals surface area contributed by atoms with Gasteiger partial charge in [0.25, 0.3) is 5.91 Å². The summed E-state index contributed by atoms with van der Waals surface area (Å²) in [5.74, 6) is -1.78. The van der Waals surface area contributed by atoms with E-state index in [2.05, 4.69) is 10.6 Å². The lowest BCUT2D eigenvalue weighted by Gasteiger charge is -2.08. The number of hydrogen-bond donors (Lipinski definition) is 3. The number of para-hydroxylation sites is 1. The van der Waals surface area contributed by atoms with Crippen LogP contribution in [0.4, 0.5) is 24.5 Å². The molecule has 0 fully saturated rings. The zero-order valence-electron chi connectivity index (χ0n) is 13.3. The van der Waals surface area contributed by atoms with Crippen LogP contribution < -0.4 is 10.6 Å². The Hall–Kier alpha value is -3.42. The van der Waals surface area contributed by atoms with Crippen molar-refractivity contribution in [3.05, 3.63) is 72.4 Å². The van der Waals surface area contributed by atoms with Crippen LogP contribution in [-0.2, 0) is 15.8 Å². The summed E-state index contributed by atoms with van der Waals surface area (Å²) in [6.07, 6.45) is -2.51. The van der Waals surface area contributed by atoms with Crippen LogP contribution in [0, 0.1) is 5.41 Å².